The Morgan fingerprint density at radius 1 is 1.26 bits per heavy atom. The zero-order chi connectivity index (χ0) is 14.0. The number of nitrogens with two attached hydrogens (primary N) is 1. The minimum atomic E-state index is -0.592. The summed E-state index contributed by atoms with van der Waals surface area (Å²) in [5.41, 5.74) is 6.75. The summed E-state index contributed by atoms with van der Waals surface area (Å²) in [4.78, 5) is 12.0. The van der Waals surface area contributed by atoms with E-state index in [2.05, 4.69) is 5.32 Å². The Hall–Kier alpha value is -2.56. The number of aryl methyl sites for hydroxylation is 1. The van der Waals surface area contributed by atoms with Gasteiger partial charge in [0.2, 0.25) is 0 Å². The maximum absolute atomic E-state index is 13.5. The smallest absolute Gasteiger partial charge is 0.259 e. The van der Waals surface area contributed by atoms with Crippen LogP contribution in [0.5, 0.6) is 5.75 Å². The predicted molar refractivity (Wildman–Crippen MR) is 71.6 cm³/mol. The van der Waals surface area contributed by atoms with E-state index in [-0.39, 0.29) is 17.0 Å². The summed E-state index contributed by atoms with van der Waals surface area (Å²) in [6.07, 6.45) is 0. The summed E-state index contributed by atoms with van der Waals surface area (Å²) in [5, 5.41) is 12.0. The first-order valence-electron chi connectivity index (χ1n) is 5.63. The van der Waals surface area contributed by atoms with Crippen molar-refractivity contribution in [3.05, 3.63) is 53.3 Å². The van der Waals surface area contributed by atoms with Crippen molar-refractivity contribution in [2.45, 2.75) is 6.92 Å². The van der Waals surface area contributed by atoms with Crippen LogP contribution in [0.2, 0.25) is 0 Å². The van der Waals surface area contributed by atoms with Gasteiger partial charge in [-0.05, 0) is 37.3 Å². The topological polar surface area (TPSA) is 75.3 Å². The van der Waals surface area contributed by atoms with Crippen LogP contribution in [-0.2, 0) is 0 Å². The van der Waals surface area contributed by atoms with E-state index in [9.17, 15) is 14.3 Å². The summed E-state index contributed by atoms with van der Waals surface area (Å²) in [6, 6.07) is 8.50. The number of anilines is 2. The van der Waals surface area contributed by atoms with Crippen LogP contribution in [0.15, 0.2) is 36.4 Å². The molecule has 2 rings (SSSR count). The molecule has 0 fully saturated rings. The van der Waals surface area contributed by atoms with E-state index >= 15 is 0 Å². The quantitative estimate of drug-likeness (QED) is 0.727. The first-order chi connectivity index (χ1) is 8.97. The van der Waals surface area contributed by atoms with Gasteiger partial charge in [-0.3, -0.25) is 4.79 Å². The molecule has 4 N–H and O–H groups in total. The molecule has 2 aromatic rings. The summed E-state index contributed by atoms with van der Waals surface area (Å²) in [5.74, 6) is -1.34. The van der Waals surface area contributed by atoms with Gasteiger partial charge < -0.3 is 16.2 Å². The van der Waals surface area contributed by atoms with Gasteiger partial charge in [-0.25, -0.2) is 4.39 Å². The fourth-order valence-corrected chi connectivity index (χ4v) is 1.66. The Labute approximate surface area is 109 Å². The second-order valence-electron chi connectivity index (χ2n) is 4.21. The normalized spacial score (nSPS) is 10.2. The van der Waals surface area contributed by atoms with Crippen molar-refractivity contribution in [2.75, 3.05) is 11.1 Å². The highest BCUT2D eigenvalue weighted by Gasteiger charge is 2.13. The molecule has 0 aliphatic heterocycles. The number of aromatic hydroxyl groups is 1. The predicted octanol–water partition coefficient (Wildman–Crippen LogP) is 2.67. The van der Waals surface area contributed by atoms with E-state index < -0.39 is 11.7 Å². The lowest BCUT2D eigenvalue weighted by molar-refractivity contribution is 0.102. The minimum absolute atomic E-state index is 0.0223. The molecule has 0 spiro atoms. The number of carbonyl (C=O) groups excluding carboxylic acids is 1. The lowest BCUT2D eigenvalue weighted by Crippen LogP contribution is -2.13. The van der Waals surface area contributed by atoms with E-state index in [1.807, 2.05) is 0 Å². The lowest BCUT2D eigenvalue weighted by Gasteiger charge is -2.09. The van der Waals surface area contributed by atoms with Crippen molar-refractivity contribution >= 4 is 17.3 Å². The summed E-state index contributed by atoms with van der Waals surface area (Å²) in [7, 11) is 0. The molecule has 0 radical (unpaired) electrons. The summed E-state index contributed by atoms with van der Waals surface area (Å²) in [6.45, 7) is 1.79. The zero-order valence-electron chi connectivity index (χ0n) is 10.3. The van der Waals surface area contributed by atoms with Crippen LogP contribution >= 0.6 is 0 Å². The largest absolute Gasteiger partial charge is 0.507 e. The van der Waals surface area contributed by atoms with Crippen LogP contribution < -0.4 is 11.1 Å². The highest BCUT2D eigenvalue weighted by molar-refractivity contribution is 6.06. The molecule has 5 heteroatoms. The van der Waals surface area contributed by atoms with Gasteiger partial charge in [0.05, 0.1) is 11.3 Å². The van der Waals surface area contributed by atoms with E-state index in [0.29, 0.717) is 5.69 Å². The van der Waals surface area contributed by atoms with Crippen molar-refractivity contribution in [1.29, 1.82) is 0 Å². The third-order valence-electron chi connectivity index (χ3n) is 2.64. The maximum Gasteiger partial charge on any atom is 0.259 e. The third-order valence-corrected chi connectivity index (χ3v) is 2.64. The average Bonchev–Trinajstić information content (AvgIpc) is 2.36. The van der Waals surface area contributed by atoms with Gasteiger partial charge in [-0.1, -0.05) is 11.6 Å². The molecular weight excluding hydrogens is 247 g/mol. The number of benzene rings is 2. The maximum atomic E-state index is 13.5. The molecule has 2 aromatic carbocycles. The highest BCUT2D eigenvalue weighted by Crippen LogP contribution is 2.22. The van der Waals surface area contributed by atoms with Crippen molar-refractivity contribution in [2.24, 2.45) is 0 Å². The Morgan fingerprint density at radius 3 is 2.74 bits per heavy atom. The van der Waals surface area contributed by atoms with E-state index in [1.54, 1.807) is 13.0 Å². The Morgan fingerprint density at radius 2 is 2.00 bits per heavy atom. The molecule has 0 aliphatic rings. The van der Waals surface area contributed by atoms with Crippen LogP contribution in [0.1, 0.15) is 15.9 Å². The second-order valence-corrected chi connectivity index (χ2v) is 4.21. The molecular formula is C14H13FN2O2. The summed E-state index contributed by atoms with van der Waals surface area (Å²) >= 11 is 0. The van der Waals surface area contributed by atoms with Gasteiger partial charge in [0.15, 0.2) is 0 Å². The molecule has 0 heterocycles. The van der Waals surface area contributed by atoms with Gasteiger partial charge >= 0.3 is 0 Å². The van der Waals surface area contributed by atoms with Gasteiger partial charge in [-0.15, -0.1) is 0 Å². The molecule has 0 bridgehead atoms. The second kappa shape index (κ2) is 4.97. The molecule has 0 unspecified atom stereocenters. The number of nitrogen functional groups attached to an aromatic ring is 1. The minimum Gasteiger partial charge on any atom is -0.507 e. The monoisotopic (exact) mass is 260 g/mol. The molecule has 98 valence electrons. The number of hydrogen-bond acceptors (Lipinski definition) is 3. The van der Waals surface area contributed by atoms with E-state index in [4.69, 9.17) is 5.73 Å². The van der Waals surface area contributed by atoms with Crippen LogP contribution in [0.4, 0.5) is 15.8 Å². The highest BCUT2D eigenvalue weighted by atomic mass is 19.1. The Bertz CT molecular complexity index is 641. The number of halogens is 1. The van der Waals surface area contributed by atoms with Gasteiger partial charge in [0.25, 0.3) is 5.91 Å². The van der Waals surface area contributed by atoms with Crippen LogP contribution in [0.25, 0.3) is 0 Å². The number of nitrogens with one attached hydrogen (secondary N) is 1. The van der Waals surface area contributed by atoms with Gasteiger partial charge in [0, 0.05) is 5.69 Å². The number of phenols is 1. The molecule has 0 aliphatic carbocycles. The SMILES string of the molecule is Cc1ccc(O)c(C(=O)Nc2cc(N)ccc2F)c1. The van der Waals surface area contributed by atoms with Gasteiger partial charge in [0.1, 0.15) is 11.6 Å². The number of rotatable bonds is 2. The fourth-order valence-electron chi connectivity index (χ4n) is 1.66. The molecule has 1 amide bonds. The van der Waals surface area contributed by atoms with Crippen LogP contribution in [0.3, 0.4) is 0 Å². The molecule has 0 atom stereocenters. The molecule has 0 saturated heterocycles. The molecule has 4 nitrogen and oxygen atoms in total. The first-order valence-corrected chi connectivity index (χ1v) is 5.63. The standard InChI is InChI=1S/C14H13FN2O2/c1-8-2-5-13(18)10(6-8)14(19)17-12-7-9(16)3-4-11(12)15/h2-7,18H,16H2,1H3,(H,17,19). The van der Waals surface area contributed by atoms with Crippen molar-refractivity contribution in [1.82, 2.24) is 0 Å². The molecule has 19 heavy (non-hydrogen) atoms. The van der Waals surface area contributed by atoms with Crippen LogP contribution in [0, 0.1) is 12.7 Å². The van der Waals surface area contributed by atoms with E-state index in [0.717, 1.165) is 5.56 Å². The van der Waals surface area contributed by atoms with E-state index in [1.165, 1.54) is 30.3 Å². The Balaban J connectivity index is 2.30. The molecule has 0 aromatic heterocycles. The number of amides is 1. The fraction of sp³-hybridized carbons (Fsp3) is 0.0714. The first kappa shape index (κ1) is 12.9. The lowest BCUT2D eigenvalue weighted by atomic mass is 10.1. The van der Waals surface area contributed by atoms with Crippen molar-refractivity contribution in [3.63, 3.8) is 0 Å². The van der Waals surface area contributed by atoms with Crippen molar-refractivity contribution in [3.8, 4) is 5.75 Å². The third kappa shape index (κ3) is 2.82. The van der Waals surface area contributed by atoms with Crippen molar-refractivity contribution < 1.29 is 14.3 Å². The molecule has 0 saturated carbocycles. The van der Waals surface area contributed by atoms with Gasteiger partial charge in [-0.2, -0.15) is 0 Å². The average molecular weight is 260 g/mol. The number of phenolic OH excluding ortho intramolecular Hbond substituents is 1. The van der Waals surface area contributed by atoms with Crippen LogP contribution in [-0.4, -0.2) is 11.0 Å². The number of carbonyl (C=O) groups is 1. The number of hydrogen-bond donors (Lipinski definition) is 3. The summed E-state index contributed by atoms with van der Waals surface area (Å²) < 4.78 is 13.5. The zero-order valence-corrected chi connectivity index (χ0v) is 10.3. The Kier molecular flexibility index (Phi) is 3.37.